The summed E-state index contributed by atoms with van der Waals surface area (Å²) in [5.74, 6) is -2.55. The number of alkyl halides is 6. The summed E-state index contributed by atoms with van der Waals surface area (Å²) in [6.45, 7) is 0.589. The number of rotatable bonds is 5. The summed E-state index contributed by atoms with van der Waals surface area (Å²) in [6.07, 6.45) is -11.0. The summed E-state index contributed by atoms with van der Waals surface area (Å²) in [6, 6.07) is 0.669. The molecule has 1 rings (SSSR count). The van der Waals surface area contributed by atoms with Crippen LogP contribution in [0.1, 0.15) is 23.6 Å². The van der Waals surface area contributed by atoms with E-state index >= 15 is 0 Å². The van der Waals surface area contributed by atoms with Crippen molar-refractivity contribution in [2.24, 2.45) is 0 Å². The fourth-order valence-electron chi connectivity index (χ4n) is 1.73. The highest BCUT2D eigenvalue weighted by molar-refractivity contribution is 7.74. The van der Waals surface area contributed by atoms with Crippen LogP contribution < -0.4 is 4.18 Å². The first-order chi connectivity index (χ1) is 10.8. The summed E-state index contributed by atoms with van der Waals surface area (Å²) in [5.41, 5.74) is -4.16. The van der Waals surface area contributed by atoms with Crippen LogP contribution in [0.25, 0.3) is 0 Å². The number of carbonyl (C=O) groups excluding carboxylic acids is 1. The van der Waals surface area contributed by atoms with E-state index in [1.54, 1.807) is 0 Å². The molecule has 1 aromatic rings. The molecule has 0 aromatic heterocycles. The molecule has 0 radical (unpaired) electrons. The van der Waals surface area contributed by atoms with Gasteiger partial charge in [-0.25, -0.2) is 0 Å². The van der Waals surface area contributed by atoms with Gasteiger partial charge in [0.25, 0.3) is 0 Å². The fraction of sp³-hybridized carbons (Fsp3) is 0.417. The first-order valence-corrected chi connectivity index (χ1v) is 7.09. The minimum Gasteiger partial charge on any atom is -0.466 e. The monoisotopic (exact) mass is 380 g/mol. The largest absolute Gasteiger partial charge is 0.466 e. The van der Waals surface area contributed by atoms with Crippen molar-refractivity contribution in [1.82, 2.24) is 0 Å². The lowest BCUT2D eigenvalue weighted by atomic mass is 10.0. The molecule has 1 atom stereocenters. The number of hydrogen-bond acceptors (Lipinski definition) is 4. The molecule has 1 unspecified atom stereocenters. The Hall–Kier alpha value is -1.82. The van der Waals surface area contributed by atoms with Gasteiger partial charge in [0, 0.05) is 13.3 Å². The van der Waals surface area contributed by atoms with E-state index in [4.69, 9.17) is 4.55 Å². The van der Waals surface area contributed by atoms with Gasteiger partial charge in [-0.1, -0.05) is 0 Å². The zero-order valence-electron chi connectivity index (χ0n) is 11.8. The van der Waals surface area contributed by atoms with Crippen LogP contribution in [0.5, 0.6) is 5.75 Å². The number of esters is 1. The third-order valence-corrected chi connectivity index (χ3v) is 2.92. The van der Waals surface area contributed by atoms with Crippen LogP contribution in [-0.4, -0.2) is 21.3 Å². The smallest absolute Gasteiger partial charge is 0.420 e. The maximum Gasteiger partial charge on any atom is 0.420 e. The molecule has 0 saturated carbocycles. The number of hydrogen-bond donors (Lipinski definition) is 1. The van der Waals surface area contributed by atoms with Gasteiger partial charge in [-0.3, -0.25) is 9.35 Å². The van der Waals surface area contributed by atoms with Crippen molar-refractivity contribution >= 4 is 17.3 Å². The third kappa shape index (κ3) is 5.67. The highest BCUT2D eigenvalue weighted by atomic mass is 32.2. The van der Waals surface area contributed by atoms with Crippen molar-refractivity contribution in [2.45, 2.75) is 25.7 Å². The molecule has 0 aliphatic heterocycles. The lowest BCUT2D eigenvalue weighted by Gasteiger charge is -2.19. The van der Waals surface area contributed by atoms with E-state index in [0.29, 0.717) is 12.1 Å². The van der Waals surface area contributed by atoms with Crippen molar-refractivity contribution in [3.63, 3.8) is 0 Å². The molecule has 5 nitrogen and oxygen atoms in total. The summed E-state index contributed by atoms with van der Waals surface area (Å²) < 4.78 is 105. The Morgan fingerprint density at radius 3 is 1.92 bits per heavy atom. The van der Waals surface area contributed by atoms with E-state index in [1.165, 1.54) is 0 Å². The number of carbonyl (C=O) groups is 1. The maximum absolute atomic E-state index is 13.0. The van der Waals surface area contributed by atoms with Crippen molar-refractivity contribution in [1.29, 1.82) is 0 Å². The molecule has 0 aliphatic rings. The molecule has 0 spiro atoms. The topological polar surface area (TPSA) is 72.8 Å². The third-order valence-electron chi connectivity index (χ3n) is 2.61. The molecule has 12 heteroatoms. The van der Waals surface area contributed by atoms with Gasteiger partial charge in [0.2, 0.25) is 0 Å². The van der Waals surface area contributed by atoms with E-state index in [1.807, 2.05) is 0 Å². The molecular formula is C12H10F6O5S. The van der Waals surface area contributed by atoms with Crippen LogP contribution in [0.2, 0.25) is 0 Å². The van der Waals surface area contributed by atoms with Gasteiger partial charge < -0.3 is 8.92 Å². The van der Waals surface area contributed by atoms with E-state index in [9.17, 15) is 35.3 Å². The fourth-order valence-corrected chi connectivity index (χ4v) is 2.05. The van der Waals surface area contributed by atoms with Crippen LogP contribution in [0, 0.1) is 0 Å². The van der Waals surface area contributed by atoms with Crippen LogP contribution in [0.4, 0.5) is 26.3 Å². The van der Waals surface area contributed by atoms with Gasteiger partial charge in [-0.2, -0.15) is 30.6 Å². The maximum atomic E-state index is 13.0. The Balaban J connectivity index is 3.45. The molecule has 0 bridgehead atoms. The van der Waals surface area contributed by atoms with Crippen molar-refractivity contribution in [3.8, 4) is 5.75 Å². The van der Waals surface area contributed by atoms with E-state index in [2.05, 4.69) is 8.92 Å². The van der Waals surface area contributed by atoms with Crippen molar-refractivity contribution in [3.05, 3.63) is 28.8 Å². The molecule has 0 heterocycles. The lowest BCUT2D eigenvalue weighted by Crippen LogP contribution is -2.17. The molecule has 24 heavy (non-hydrogen) atoms. The predicted molar refractivity (Wildman–Crippen MR) is 68.2 cm³/mol. The Labute approximate surface area is 134 Å². The van der Waals surface area contributed by atoms with Gasteiger partial charge in [-0.05, 0) is 17.7 Å². The van der Waals surface area contributed by atoms with Gasteiger partial charge in [0.05, 0.1) is 6.61 Å². The minimum absolute atomic E-state index is 0.334. The SMILES string of the molecule is CC(=O)OCCc1cc(C(F)(F)F)c(OS(=O)O)c(C(F)(F)F)c1. The van der Waals surface area contributed by atoms with Crippen LogP contribution in [0.3, 0.4) is 0 Å². The highest BCUT2D eigenvalue weighted by Gasteiger charge is 2.43. The normalized spacial score (nSPS) is 13.5. The Kier molecular flexibility index (Phi) is 6.22. The Morgan fingerprint density at radius 2 is 1.58 bits per heavy atom. The zero-order chi connectivity index (χ0) is 18.7. The Bertz CT molecular complexity index is 605. The van der Waals surface area contributed by atoms with Crippen molar-refractivity contribution < 1.29 is 48.8 Å². The lowest BCUT2D eigenvalue weighted by molar-refractivity contribution is -0.145. The van der Waals surface area contributed by atoms with E-state index < -0.39 is 65.2 Å². The molecule has 1 aromatic carbocycles. The predicted octanol–water partition coefficient (Wildman–Crippen LogP) is 3.35. The molecule has 136 valence electrons. The van der Waals surface area contributed by atoms with E-state index in [0.717, 1.165) is 6.92 Å². The van der Waals surface area contributed by atoms with Crippen LogP contribution in [0.15, 0.2) is 12.1 Å². The second-order valence-electron chi connectivity index (χ2n) is 4.41. The molecule has 0 saturated heterocycles. The van der Waals surface area contributed by atoms with Crippen molar-refractivity contribution in [2.75, 3.05) is 6.61 Å². The van der Waals surface area contributed by atoms with E-state index in [-0.39, 0.29) is 0 Å². The number of ether oxygens (including phenoxy) is 1. The summed E-state index contributed by atoms with van der Waals surface area (Å²) in [4.78, 5) is 10.6. The number of benzene rings is 1. The summed E-state index contributed by atoms with van der Waals surface area (Å²) in [7, 11) is 0. The zero-order valence-corrected chi connectivity index (χ0v) is 12.6. The number of halogens is 6. The van der Waals surface area contributed by atoms with Crippen LogP contribution in [-0.2, 0) is 39.7 Å². The summed E-state index contributed by atoms with van der Waals surface area (Å²) >= 11 is -3.39. The standard InChI is InChI=1S/C12H10F6O5S/c1-6(19)22-3-2-7-4-8(11(13,14)15)10(23-24(20)21)9(5-7)12(16,17)18/h4-5H,2-3H2,1H3,(H,20,21). The van der Waals surface area contributed by atoms with Gasteiger partial charge in [-0.15, -0.1) is 0 Å². The average Bonchev–Trinajstić information content (AvgIpc) is 2.36. The van der Waals surface area contributed by atoms with Gasteiger partial charge in [0.15, 0.2) is 5.75 Å². The summed E-state index contributed by atoms with van der Waals surface area (Å²) in [5, 5.41) is 0. The molecular weight excluding hydrogens is 370 g/mol. The highest BCUT2D eigenvalue weighted by Crippen LogP contribution is 2.45. The van der Waals surface area contributed by atoms with Crippen LogP contribution >= 0.6 is 0 Å². The molecule has 1 N–H and O–H groups in total. The molecule has 0 aliphatic carbocycles. The first kappa shape index (κ1) is 20.2. The van der Waals surface area contributed by atoms with Gasteiger partial charge >= 0.3 is 29.7 Å². The average molecular weight is 380 g/mol. The second kappa shape index (κ2) is 7.38. The quantitative estimate of drug-likeness (QED) is 0.482. The molecule has 0 fully saturated rings. The minimum atomic E-state index is -5.27. The van der Waals surface area contributed by atoms with Gasteiger partial charge in [0.1, 0.15) is 11.1 Å². The first-order valence-electron chi connectivity index (χ1n) is 6.06. The second-order valence-corrected chi connectivity index (χ2v) is 5.01. The molecule has 0 amide bonds. The Morgan fingerprint density at radius 1 is 1.12 bits per heavy atom.